The minimum atomic E-state index is 0.196. The summed E-state index contributed by atoms with van der Waals surface area (Å²) in [6.45, 7) is 14.6. The van der Waals surface area contributed by atoms with Crippen molar-refractivity contribution < 1.29 is 4.74 Å². The summed E-state index contributed by atoms with van der Waals surface area (Å²) in [5.41, 5.74) is 4.25. The average molecular weight is 441 g/mol. The molecular weight excluding hydrogens is 408 g/mol. The van der Waals surface area contributed by atoms with E-state index in [9.17, 15) is 0 Å². The van der Waals surface area contributed by atoms with Crippen LogP contribution in [0.4, 0.5) is 11.4 Å². The van der Waals surface area contributed by atoms with Crippen LogP contribution in [0.2, 0.25) is 0 Å². The molecule has 0 spiro atoms. The molecule has 0 fully saturated rings. The third-order valence-electron chi connectivity index (χ3n) is 4.16. The summed E-state index contributed by atoms with van der Waals surface area (Å²) in [6, 6.07) is 6.00. The van der Waals surface area contributed by atoms with Gasteiger partial charge in [0.1, 0.15) is 5.69 Å². The van der Waals surface area contributed by atoms with E-state index in [1.165, 1.54) is 0 Å². The van der Waals surface area contributed by atoms with Crippen LogP contribution in [0.3, 0.4) is 0 Å². The highest BCUT2D eigenvalue weighted by Gasteiger charge is 2.18. The van der Waals surface area contributed by atoms with Crippen LogP contribution < -0.4 is 15.4 Å². The van der Waals surface area contributed by atoms with Crippen LogP contribution in [0.5, 0.6) is 5.88 Å². The summed E-state index contributed by atoms with van der Waals surface area (Å²) >= 11 is 1.72. The number of hydrogen-bond donors (Lipinski definition) is 3. The number of nitrogens with zero attached hydrogens (tertiary/aromatic N) is 3. The Bertz CT molecular complexity index is 942. The number of nitrogens with one attached hydrogen (secondary N) is 3. The van der Waals surface area contributed by atoms with Crippen molar-refractivity contribution in [3.8, 4) is 17.1 Å². The van der Waals surface area contributed by atoms with Crippen LogP contribution in [0.15, 0.2) is 40.5 Å². The minimum Gasteiger partial charge on any atom is -0.477 e. The number of aromatic nitrogens is 2. The van der Waals surface area contributed by atoms with Crippen LogP contribution in [-0.4, -0.2) is 47.3 Å². The number of ether oxygens (including phenoxy) is 1. The molecule has 2 aromatic rings. The lowest BCUT2D eigenvalue weighted by molar-refractivity contribution is 0.328. The summed E-state index contributed by atoms with van der Waals surface area (Å²) in [4.78, 5) is 14.1. The van der Waals surface area contributed by atoms with Crippen molar-refractivity contribution in [2.75, 3.05) is 29.5 Å². The van der Waals surface area contributed by atoms with Crippen LogP contribution in [0.25, 0.3) is 11.3 Å². The lowest BCUT2D eigenvalue weighted by atomic mass is 10.1. The summed E-state index contributed by atoms with van der Waals surface area (Å²) in [6.07, 6.45) is 3.46. The van der Waals surface area contributed by atoms with Gasteiger partial charge in [-0.05, 0) is 64.4 Å². The first kappa shape index (κ1) is 24.4. The predicted molar refractivity (Wildman–Crippen MR) is 134 cm³/mol. The molecule has 0 atom stereocenters. The molecular formula is C23H32N6OS. The molecule has 2 rings (SSSR count). The van der Waals surface area contributed by atoms with Crippen molar-refractivity contribution in [2.45, 2.75) is 40.7 Å². The Morgan fingerprint density at radius 1 is 1.39 bits per heavy atom. The smallest absolute Gasteiger partial charge is 0.222 e. The highest BCUT2D eigenvalue weighted by atomic mass is 32.2. The van der Waals surface area contributed by atoms with Crippen molar-refractivity contribution in [1.82, 2.24) is 9.97 Å². The molecule has 0 aromatic carbocycles. The summed E-state index contributed by atoms with van der Waals surface area (Å²) in [5, 5.41) is 15.3. The molecule has 0 unspecified atom stereocenters. The SMILES string of the molecule is C=N/C=C(/C)SCCNc1cc(-c2cccnc2OCC)nc(C(C)=N)c1NC(C)C. The van der Waals surface area contributed by atoms with E-state index in [1.54, 1.807) is 31.1 Å². The van der Waals surface area contributed by atoms with Crippen molar-refractivity contribution in [2.24, 2.45) is 4.99 Å². The van der Waals surface area contributed by atoms with Crippen molar-refractivity contribution in [1.29, 1.82) is 5.41 Å². The second-order valence-electron chi connectivity index (χ2n) is 7.19. The van der Waals surface area contributed by atoms with Crippen molar-refractivity contribution in [3.05, 3.63) is 41.2 Å². The molecule has 0 saturated carbocycles. The van der Waals surface area contributed by atoms with E-state index < -0.39 is 0 Å². The minimum absolute atomic E-state index is 0.196. The van der Waals surface area contributed by atoms with Gasteiger partial charge in [0.25, 0.3) is 0 Å². The lowest BCUT2D eigenvalue weighted by Crippen LogP contribution is -2.18. The maximum Gasteiger partial charge on any atom is 0.222 e. The summed E-state index contributed by atoms with van der Waals surface area (Å²) < 4.78 is 5.71. The van der Waals surface area contributed by atoms with Gasteiger partial charge >= 0.3 is 0 Å². The Morgan fingerprint density at radius 2 is 2.16 bits per heavy atom. The maximum absolute atomic E-state index is 8.32. The molecule has 2 aromatic heterocycles. The molecule has 166 valence electrons. The van der Waals surface area contributed by atoms with E-state index in [4.69, 9.17) is 15.1 Å². The van der Waals surface area contributed by atoms with Crippen LogP contribution in [-0.2, 0) is 0 Å². The number of thioether (sulfide) groups is 1. The molecule has 2 heterocycles. The first-order valence-electron chi connectivity index (χ1n) is 10.3. The van der Waals surface area contributed by atoms with E-state index in [0.29, 0.717) is 23.9 Å². The number of rotatable bonds is 12. The van der Waals surface area contributed by atoms with E-state index in [2.05, 4.69) is 41.2 Å². The number of allylic oxidation sites excluding steroid dienone is 1. The van der Waals surface area contributed by atoms with Gasteiger partial charge in [-0.15, -0.1) is 11.8 Å². The van der Waals surface area contributed by atoms with Gasteiger partial charge in [-0.1, -0.05) is 0 Å². The van der Waals surface area contributed by atoms with Gasteiger partial charge in [0.05, 0.1) is 35.0 Å². The molecule has 7 nitrogen and oxygen atoms in total. The molecule has 0 aliphatic heterocycles. The van der Waals surface area contributed by atoms with Crippen molar-refractivity contribution >= 4 is 35.6 Å². The molecule has 0 saturated heterocycles. The predicted octanol–water partition coefficient (Wildman–Crippen LogP) is 5.46. The number of hydrogen-bond acceptors (Lipinski definition) is 8. The first-order valence-corrected chi connectivity index (χ1v) is 11.3. The molecule has 0 aliphatic rings. The van der Waals surface area contributed by atoms with Gasteiger partial charge in [0.15, 0.2) is 0 Å². The van der Waals surface area contributed by atoms with Gasteiger partial charge < -0.3 is 20.8 Å². The zero-order chi connectivity index (χ0) is 22.8. The number of anilines is 2. The van der Waals surface area contributed by atoms with Gasteiger partial charge in [-0.25, -0.2) is 9.97 Å². The standard InChI is InChI=1S/C23H32N6OS/c1-7-30-23-18(9-8-10-27-23)19-13-20(26-11-12-31-16(4)14-25-6)22(28-15(2)3)21(29-19)17(5)24/h8-10,13-15,24,28H,6-7,11-12H2,1-5H3,(H,26,29)/b16-14-,24-17?. The fraction of sp³-hybridized carbons (Fsp3) is 0.391. The van der Waals surface area contributed by atoms with E-state index >= 15 is 0 Å². The van der Waals surface area contributed by atoms with Crippen LogP contribution in [0.1, 0.15) is 40.3 Å². The molecule has 8 heteroatoms. The van der Waals surface area contributed by atoms with Gasteiger partial charge in [-0.3, -0.25) is 4.99 Å². The Hall–Kier alpha value is -2.87. The van der Waals surface area contributed by atoms with E-state index in [0.717, 1.165) is 39.8 Å². The highest BCUT2D eigenvalue weighted by Crippen LogP contribution is 2.34. The summed E-state index contributed by atoms with van der Waals surface area (Å²) in [5.74, 6) is 1.40. The zero-order valence-corrected chi connectivity index (χ0v) is 19.8. The number of aliphatic imine (C=N–C) groups is 1. The highest BCUT2D eigenvalue weighted by molar-refractivity contribution is 8.03. The molecule has 31 heavy (non-hydrogen) atoms. The van der Waals surface area contributed by atoms with Gasteiger partial charge in [0.2, 0.25) is 5.88 Å². The zero-order valence-electron chi connectivity index (χ0n) is 19.0. The fourth-order valence-electron chi connectivity index (χ4n) is 2.93. The van der Waals surface area contributed by atoms with Crippen LogP contribution in [0, 0.1) is 5.41 Å². The average Bonchev–Trinajstić information content (AvgIpc) is 2.72. The lowest BCUT2D eigenvalue weighted by Gasteiger charge is -2.21. The Labute approximate surface area is 189 Å². The molecule has 3 N–H and O–H groups in total. The quantitative estimate of drug-likeness (QED) is 0.300. The first-order chi connectivity index (χ1) is 14.9. The molecule has 0 bridgehead atoms. The Morgan fingerprint density at radius 3 is 2.81 bits per heavy atom. The fourth-order valence-corrected chi connectivity index (χ4v) is 3.60. The van der Waals surface area contributed by atoms with E-state index in [1.807, 2.05) is 32.0 Å². The van der Waals surface area contributed by atoms with Gasteiger partial charge in [0, 0.05) is 30.7 Å². The Balaban J connectivity index is 2.46. The topological polar surface area (TPSA) is 95.3 Å². The largest absolute Gasteiger partial charge is 0.477 e. The van der Waals surface area contributed by atoms with Crippen LogP contribution >= 0.6 is 11.8 Å². The Kier molecular flexibility index (Phi) is 9.52. The second kappa shape index (κ2) is 12.1. The monoisotopic (exact) mass is 440 g/mol. The maximum atomic E-state index is 8.32. The molecule has 0 radical (unpaired) electrons. The normalized spacial score (nSPS) is 11.4. The summed E-state index contributed by atoms with van der Waals surface area (Å²) in [7, 11) is 0. The van der Waals surface area contributed by atoms with Gasteiger partial charge in [-0.2, -0.15) is 0 Å². The third kappa shape index (κ3) is 7.10. The van der Waals surface area contributed by atoms with Crippen molar-refractivity contribution in [3.63, 3.8) is 0 Å². The third-order valence-corrected chi connectivity index (χ3v) is 5.13. The number of pyridine rings is 2. The molecule has 0 aliphatic carbocycles. The van der Waals surface area contributed by atoms with E-state index in [-0.39, 0.29) is 6.04 Å². The molecule has 0 amide bonds. The second-order valence-corrected chi connectivity index (χ2v) is 8.53.